The lowest BCUT2D eigenvalue weighted by atomic mass is 10.1. The minimum Gasteiger partial charge on any atom is -0.508 e. The Morgan fingerprint density at radius 3 is 2.79 bits per heavy atom. The van der Waals surface area contributed by atoms with Crippen molar-refractivity contribution in [2.24, 2.45) is 0 Å². The Morgan fingerprint density at radius 2 is 2.21 bits per heavy atom. The third-order valence-electron chi connectivity index (χ3n) is 1.89. The van der Waals surface area contributed by atoms with Gasteiger partial charge in [-0.25, -0.2) is 4.79 Å². The minimum atomic E-state index is -0.912. The van der Waals surface area contributed by atoms with E-state index in [1.807, 2.05) is 6.07 Å². The van der Waals surface area contributed by atoms with Crippen molar-refractivity contribution in [1.82, 2.24) is 0 Å². The Morgan fingerprint density at radius 1 is 1.50 bits per heavy atom. The fourth-order valence-corrected chi connectivity index (χ4v) is 1.04. The van der Waals surface area contributed by atoms with Gasteiger partial charge in [0.15, 0.2) is 0 Å². The molecule has 1 aromatic rings. The van der Waals surface area contributed by atoms with Gasteiger partial charge < -0.3 is 10.2 Å². The third-order valence-corrected chi connectivity index (χ3v) is 1.89. The molecule has 0 aliphatic carbocycles. The number of carboxylic acids is 1. The maximum atomic E-state index is 10.5. The van der Waals surface area contributed by atoms with Crippen molar-refractivity contribution >= 4 is 5.97 Å². The number of aromatic hydroxyl groups is 1. The predicted molar refractivity (Wildman–Crippen MR) is 53.2 cm³/mol. The molecular formula is C11H12O3. The fourth-order valence-electron chi connectivity index (χ4n) is 1.04. The second kappa shape index (κ2) is 4.46. The SMILES string of the molecule is CC(=CCc1cccc(O)c1)C(=O)O. The van der Waals surface area contributed by atoms with Gasteiger partial charge in [0.1, 0.15) is 5.75 Å². The Balaban J connectivity index is 2.71. The van der Waals surface area contributed by atoms with E-state index in [-0.39, 0.29) is 5.75 Å². The van der Waals surface area contributed by atoms with E-state index in [4.69, 9.17) is 10.2 Å². The number of rotatable bonds is 3. The zero-order chi connectivity index (χ0) is 10.6. The summed E-state index contributed by atoms with van der Waals surface area (Å²) in [6.07, 6.45) is 2.14. The highest BCUT2D eigenvalue weighted by molar-refractivity contribution is 5.85. The van der Waals surface area contributed by atoms with E-state index in [2.05, 4.69) is 0 Å². The maximum absolute atomic E-state index is 10.5. The summed E-state index contributed by atoms with van der Waals surface area (Å²) in [5, 5.41) is 17.7. The molecule has 0 saturated heterocycles. The van der Waals surface area contributed by atoms with E-state index < -0.39 is 5.97 Å². The van der Waals surface area contributed by atoms with Crippen LogP contribution in [0.1, 0.15) is 12.5 Å². The highest BCUT2D eigenvalue weighted by Gasteiger charge is 1.99. The van der Waals surface area contributed by atoms with Crippen LogP contribution in [-0.2, 0) is 11.2 Å². The van der Waals surface area contributed by atoms with Gasteiger partial charge in [-0.15, -0.1) is 0 Å². The van der Waals surface area contributed by atoms with Crippen LogP contribution in [0.2, 0.25) is 0 Å². The van der Waals surface area contributed by atoms with Gasteiger partial charge in [0, 0.05) is 5.57 Å². The first-order chi connectivity index (χ1) is 6.59. The van der Waals surface area contributed by atoms with Crippen LogP contribution in [0, 0.1) is 0 Å². The van der Waals surface area contributed by atoms with Crippen LogP contribution >= 0.6 is 0 Å². The molecule has 0 fully saturated rings. The van der Waals surface area contributed by atoms with Gasteiger partial charge in [0.2, 0.25) is 0 Å². The van der Waals surface area contributed by atoms with E-state index >= 15 is 0 Å². The van der Waals surface area contributed by atoms with Crippen molar-refractivity contribution in [2.75, 3.05) is 0 Å². The molecule has 74 valence electrons. The summed E-state index contributed by atoms with van der Waals surface area (Å²) in [6, 6.07) is 6.77. The van der Waals surface area contributed by atoms with Crippen LogP contribution in [0.25, 0.3) is 0 Å². The standard InChI is InChI=1S/C11H12O3/c1-8(11(13)14)5-6-9-3-2-4-10(12)7-9/h2-5,7,12H,6H2,1H3,(H,13,14). The van der Waals surface area contributed by atoms with E-state index in [1.54, 1.807) is 31.2 Å². The average molecular weight is 192 g/mol. The molecule has 3 nitrogen and oxygen atoms in total. The number of hydrogen-bond acceptors (Lipinski definition) is 2. The molecule has 0 aliphatic heterocycles. The molecule has 0 aromatic heterocycles. The minimum absolute atomic E-state index is 0.198. The lowest BCUT2D eigenvalue weighted by Crippen LogP contribution is -1.96. The van der Waals surface area contributed by atoms with Gasteiger partial charge in [-0.05, 0) is 31.0 Å². The van der Waals surface area contributed by atoms with Crippen LogP contribution in [0.15, 0.2) is 35.9 Å². The molecule has 1 aromatic carbocycles. The highest BCUT2D eigenvalue weighted by Crippen LogP contribution is 2.12. The van der Waals surface area contributed by atoms with Crippen molar-refractivity contribution in [1.29, 1.82) is 0 Å². The number of hydrogen-bond donors (Lipinski definition) is 2. The summed E-state index contributed by atoms with van der Waals surface area (Å²) in [5.74, 6) is -0.714. The molecular weight excluding hydrogens is 180 g/mol. The summed E-state index contributed by atoms with van der Waals surface area (Å²) in [6.45, 7) is 1.55. The second-order valence-electron chi connectivity index (χ2n) is 3.07. The summed E-state index contributed by atoms with van der Waals surface area (Å²) in [4.78, 5) is 10.5. The van der Waals surface area contributed by atoms with E-state index in [0.29, 0.717) is 12.0 Å². The van der Waals surface area contributed by atoms with Gasteiger partial charge in [0.05, 0.1) is 0 Å². The largest absolute Gasteiger partial charge is 0.508 e. The van der Waals surface area contributed by atoms with Crippen molar-refractivity contribution in [3.8, 4) is 5.75 Å². The fraction of sp³-hybridized carbons (Fsp3) is 0.182. The van der Waals surface area contributed by atoms with Crippen LogP contribution in [0.4, 0.5) is 0 Å². The second-order valence-corrected chi connectivity index (χ2v) is 3.07. The topological polar surface area (TPSA) is 57.5 Å². The first-order valence-corrected chi connectivity index (χ1v) is 4.27. The molecule has 3 heteroatoms. The molecule has 0 saturated carbocycles. The first-order valence-electron chi connectivity index (χ1n) is 4.27. The molecule has 0 unspecified atom stereocenters. The van der Waals surface area contributed by atoms with E-state index in [0.717, 1.165) is 5.56 Å². The number of phenols is 1. The van der Waals surface area contributed by atoms with Crippen molar-refractivity contribution in [3.05, 3.63) is 41.5 Å². The van der Waals surface area contributed by atoms with Gasteiger partial charge in [-0.1, -0.05) is 18.2 Å². The summed E-state index contributed by atoms with van der Waals surface area (Å²) < 4.78 is 0. The van der Waals surface area contributed by atoms with E-state index in [9.17, 15) is 4.79 Å². The predicted octanol–water partition coefficient (Wildman–Crippen LogP) is 1.97. The number of benzene rings is 1. The molecule has 1 rings (SSSR count). The molecule has 0 bridgehead atoms. The molecule has 0 heterocycles. The normalized spacial score (nSPS) is 11.4. The highest BCUT2D eigenvalue weighted by atomic mass is 16.4. The van der Waals surface area contributed by atoms with Crippen molar-refractivity contribution in [2.45, 2.75) is 13.3 Å². The number of carbonyl (C=O) groups is 1. The zero-order valence-corrected chi connectivity index (χ0v) is 7.90. The summed E-state index contributed by atoms with van der Waals surface area (Å²) in [7, 11) is 0. The first kappa shape index (κ1) is 10.3. The van der Waals surface area contributed by atoms with Crippen LogP contribution < -0.4 is 0 Å². The summed E-state index contributed by atoms with van der Waals surface area (Å²) >= 11 is 0. The van der Waals surface area contributed by atoms with Crippen molar-refractivity contribution < 1.29 is 15.0 Å². The van der Waals surface area contributed by atoms with Gasteiger partial charge in [-0.3, -0.25) is 0 Å². The third kappa shape index (κ3) is 2.94. The molecule has 0 amide bonds. The smallest absolute Gasteiger partial charge is 0.330 e. The van der Waals surface area contributed by atoms with Gasteiger partial charge in [-0.2, -0.15) is 0 Å². The molecule has 14 heavy (non-hydrogen) atoms. The maximum Gasteiger partial charge on any atom is 0.330 e. The van der Waals surface area contributed by atoms with Gasteiger partial charge in [0.25, 0.3) is 0 Å². The molecule has 0 spiro atoms. The monoisotopic (exact) mass is 192 g/mol. The Labute approximate surface area is 82.3 Å². The van der Waals surface area contributed by atoms with Crippen LogP contribution in [0.3, 0.4) is 0 Å². The number of allylic oxidation sites excluding steroid dienone is 1. The molecule has 0 atom stereocenters. The zero-order valence-electron chi connectivity index (χ0n) is 7.90. The Hall–Kier alpha value is -1.77. The molecule has 0 aliphatic rings. The molecule has 0 radical (unpaired) electrons. The van der Waals surface area contributed by atoms with Gasteiger partial charge >= 0.3 is 5.97 Å². The Kier molecular flexibility index (Phi) is 3.29. The van der Waals surface area contributed by atoms with Crippen LogP contribution in [-0.4, -0.2) is 16.2 Å². The number of phenolic OH excluding ortho intramolecular Hbond substituents is 1. The number of aliphatic carboxylic acids is 1. The summed E-state index contributed by atoms with van der Waals surface area (Å²) in [5.41, 5.74) is 1.21. The van der Waals surface area contributed by atoms with Crippen molar-refractivity contribution in [3.63, 3.8) is 0 Å². The average Bonchev–Trinajstić information content (AvgIpc) is 2.14. The lowest BCUT2D eigenvalue weighted by molar-refractivity contribution is -0.132. The van der Waals surface area contributed by atoms with Crippen LogP contribution in [0.5, 0.6) is 5.75 Å². The number of carboxylic acid groups (broad SMARTS) is 1. The molecule has 2 N–H and O–H groups in total. The quantitative estimate of drug-likeness (QED) is 0.720. The lowest BCUT2D eigenvalue weighted by Gasteiger charge is -1.98. The Bertz CT molecular complexity index is 367. The van der Waals surface area contributed by atoms with E-state index in [1.165, 1.54) is 0 Å².